The summed E-state index contributed by atoms with van der Waals surface area (Å²) >= 11 is 1.20. The standard InChI is InChI=1S/C13H13N3O4S/c1-19-11-6-15-13(21-11)16-12(18)8-4-2-3-5-9(8)20-7-10(14)17/h2-6H,7H2,1H3,(H2,14,17)(H,15,16,18). The molecule has 0 saturated heterocycles. The van der Waals surface area contributed by atoms with Crippen LogP contribution in [0.4, 0.5) is 5.13 Å². The van der Waals surface area contributed by atoms with Gasteiger partial charge in [0.15, 0.2) is 16.8 Å². The molecule has 0 bridgehead atoms. The monoisotopic (exact) mass is 307 g/mol. The number of carbonyl (C=O) groups is 2. The smallest absolute Gasteiger partial charge is 0.261 e. The maximum Gasteiger partial charge on any atom is 0.261 e. The minimum Gasteiger partial charge on any atom is -0.486 e. The molecule has 1 aromatic carbocycles. The zero-order valence-electron chi connectivity index (χ0n) is 11.2. The van der Waals surface area contributed by atoms with Gasteiger partial charge in [-0.1, -0.05) is 23.5 Å². The molecule has 0 unspecified atom stereocenters. The summed E-state index contributed by atoms with van der Waals surface area (Å²) in [6, 6.07) is 6.55. The van der Waals surface area contributed by atoms with E-state index in [4.69, 9.17) is 15.2 Å². The SMILES string of the molecule is COc1cnc(NC(=O)c2ccccc2OCC(N)=O)s1. The number of rotatable bonds is 6. The Balaban J connectivity index is 2.12. The molecule has 110 valence electrons. The fraction of sp³-hybridized carbons (Fsp3) is 0.154. The number of thiazole rings is 1. The van der Waals surface area contributed by atoms with Crippen LogP contribution < -0.4 is 20.5 Å². The highest BCUT2D eigenvalue weighted by Crippen LogP contribution is 2.26. The fourth-order valence-electron chi connectivity index (χ4n) is 1.50. The number of amides is 2. The molecular formula is C13H13N3O4S. The van der Waals surface area contributed by atoms with Gasteiger partial charge in [-0.3, -0.25) is 14.9 Å². The number of carbonyl (C=O) groups excluding carboxylic acids is 2. The molecule has 0 radical (unpaired) electrons. The molecule has 0 aliphatic rings. The first-order valence-electron chi connectivity index (χ1n) is 5.91. The van der Waals surface area contributed by atoms with Crippen LogP contribution >= 0.6 is 11.3 Å². The van der Waals surface area contributed by atoms with Gasteiger partial charge in [-0.15, -0.1) is 0 Å². The Hall–Kier alpha value is -2.61. The van der Waals surface area contributed by atoms with Crippen LogP contribution in [0, 0.1) is 0 Å². The first-order valence-corrected chi connectivity index (χ1v) is 6.73. The van der Waals surface area contributed by atoms with Crippen molar-refractivity contribution in [2.75, 3.05) is 19.0 Å². The zero-order valence-corrected chi connectivity index (χ0v) is 12.0. The van der Waals surface area contributed by atoms with Crippen molar-refractivity contribution >= 4 is 28.3 Å². The number of aromatic nitrogens is 1. The summed E-state index contributed by atoms with van der Waals surface area (Å²) in [6.07, 6.45) is 1.51. The minimum atomic E-state index is -0.616. The Labute approximate surface area is 124 Å². The molecular weight excluding hydrogens is 294 g/mol. The number of ether oxygens (including phenoxy) is 2. The number of anilines is 1. The van der Waals surface area contributed by atoms with Crippen molar-refractivity contribution in [3.8, 4) is 10.8 Å². The lowest BCUT2D eigenvalue weighted by Gasteiger charge is -2.09. The number of benzene rings is 1. The molecule has 0 aliphatic carbocycles. The minimum absolute atomic E-state index is 0.275. The molecule has 21 heavy (non-hydrogen) atoms. The van der Waals surface area contributed by atoms with Gasteiger partial charge >= 0.3 is 0 Å². The van der Waals surface area contributed by atoms with Crippen molar-refractivity contribution in [1.29, 1.82) is 0 Å². The second-order valence-corrected chi connectivity index (χ2v) is 4.89. The highest BCUT2D eigenvalue weighted by atomic mass is 32.1. The lowest BCUT2D eigenvalue weighted by Crippen LogP contribution is -2.21. The third kappa shape index (κ3) is 3.93. The number of nitrogens with two attached hydrogens (primary N) is 1. The number of primary amides is 1. The van der Waals surface area contributed by atoms with Crippen molar-refractivity contribution in [2.24, 2.45) is 5.73 Å². The number of methoxy groups -OCH3 is 1. The van der Waals surface area contributed by atoms with E-state index in [9.17, 15) is 9.59 Å². The number of para-hydroxylation sites is 1. The fourth-order valence-corrected chi connectivity index (χ4v) is 2.13. The average molecular weight is 307 g/mol. The second-order valence-electron chi connectivity index (χ2n) is 3.89. The van der Waals surface area contributed by atoms with E-state index >= 15 is 0 Å². The van der Waals surface area contributed by atoms with Gasteiger partial charge in [0.05, 0.1) is 18.9 Å². The highest BCUT2D eigenvalue weighted by Gasteiger charge is 2.14. The maximum atomic E-state index is 12.2. The van der Waals surface area contributed by atoms with Gasteiger partial charge in [0.1, 0.15) is 5.75 Å². The Morgan fingerprint density at radius 3 is 2.81 bits per heavy atom. The van der Waals surface area contributed by atoms with E-state index in [2.05, 4.69) is 10.3 Å². The zero-order chi connectivity index (χ0) is 15.2. The summed E-state index contributed by atoms with van der Waals surface area (Å²) in [5, 5.41) is 3.62. The van der Waals surface area contributed by atoms with Gasteiger partial charge in [0.2, 0.25) is 0 Å². The molecule has 0 spiro atoms. The summed E-state index contributed by atoms with van der Waals surface area (Å²) in [5.74, 6) is -0.737. The largest absolute Gasteiger partial charge is 0.486 e. The lowest BCUT2D eigenvalue weighted by molar-refractivity contribution is -0.119. The highest BCUT2D eigenvalue weighted by molar-refractivity contribution is 7.17. The van der Waals surface area contributed by atoms with Crippen molar-refractivity contribution in [2.45, 2.75) is 0 Å². The van der Waals surface area contributed by atoms with E-state index in [-0.39, 0.29) is 17.9 Å². The summed E-state index contributed by atoms with van der Waals surface area (Å²) in [5.41, 5.74) is 5.31. The molecule has 2 aromatic rings. The maximum absolute atomic E-state index is 12.2. The van der Waals surface area contributed by atoms with Crippen LogP contribution in [0.1, 0.15) is 10.4 Å². The predicted octanol–water partition coefficient (Wildman–Crippen LogP) is 1.27. The first kappa shape index (κ1) is 14.8. The summed E-state index contributed by atoms with van der Waals surface area (Å²) in [7, 11) is 1.52. The van der Waals surface area contributed by atoms with Gasteiger partial charge < -0.3 is 15.2 Å². The van der Waals surface area contributed by atoms with Gasteiger partial charge in [0, 0.05) is 0 Å². The van der Waals surface area contributed by atoms with Crippen LogP contribution in [0.5, 0.6) is 10.8 Å². The van der Waals surface area contributed by atoms with Crippen LogP contribution in [-0.2, 0) is 4.79 Å². The van der Waals surface area contributed by atoms with Crippen molar-refractivity contribution in [1.82, 2.24) is 4.98 Å². The van der Waals surface area contributed by atoms with E-state index in [1.807, 2.05) is 0 Å². The van der Waals surface area contributed by atoms with Gasteiger partial charge in [-0.25, -0.2) is 4.98 Å². The summed E-state index contributed by atoms with van der Waals surface area (Å²) in [6.45, 7) is -0.296. The van der Waals surface area contributed by atoms with E-state index in [0.717, 1.165) is 0 Å². The van der Waals surface area contributed by atoms with E-state index < -0.39 is 11.8 Å². The molecule has 2 rings (SSSR count). The Bertz CT molecular complexity index is 656. The van der Waals surface area contributed by atoms with Gasteiger partial charge in [-0.2, -0.15) is 0 Å². The quantitative estimate of drug-likeness (QED) is 0.836. The normalized spacial score (nSPS) is 9.95. The number of nitrogens with one attached hydrogen (secondary N) is 1. The molecule has 1 aromatic heterocycles. The molecule has 0 saturated carbocycles. The van der Waals surface area contributed by atoms with E-state index in [1.165, 1.54) is 24.6 Å². The van der Waals surface area contributed by atoms with Gasteiger partial charge in [-0.05, 0) is 12.1 Å². The van der Waals surface area contributed by atoms with Crippen molar-refractivity contribution < 1.29 is 19.1 Å². The average Bonchev–Trinajstić information content (AvgIpc) is 2.93. The first-order chi connectivity index (χ1) is 10.1. The third-order valence-electron chi connectivity index (χ3n) is 2.41. The molecule has 8 heteroatoms. The topological polar surface area (TPSA) is 104 Å². The van der Waals surface area contributed by atoms with Crippen LogP contribution in [-0.4, -0.2) is 30.5 Å². The Kier molecular flexibility index (Phi) is 4.72. The Morgan fingerprint density at radius 2 is 2.14 bits per heavy atom. The molecule has 0 aliphatic heterocycles. The number of nitrogens with zero attached hydrogens (tertiary/aromatic N) is 1. The van der Waals surface area contributed by atoms with Crippen molar-refractivity contribution in [3.05, 3.63) is 36.0 Å². The van der Waals surface area contributed by atoms with E-state index in [1.54, 1.807) is 24.3 Å². The number of hydrogen-bond donors (Lipinski definition) is 2. The molecule has 7 nitrogen and oxygen atoms in total. The van der Waals surface area contributed by atoms with Gasteiger partial charge in [0.25, 0.3) is 11.8 Å². The lowest BCUT2D eigenvalue weighted by atomic mass is 10.2. The van der Waals surface area contributed by atoms with Crippen LogP contribution in [0.2, 0.25) is 0 Å². The number of hydrogen-bond acceptors (Lipinski definition) is 6. The molecule has 0 fully saturated rings. The predicted molar refractivity (Wildman–Crippen MR) is 77.8 cm³/mol. The van der Waals surface area contributed by atoms with Crippen LogP contribution in [0.15, 0.2) is 30.5 Å². The van der Waals surface area contributed by atoms with Crippen LogP contribution in [0.3, 0.4) is 0 Å². The second kappa shape index (κ2) is 6.71. The third-order valence-corrected chi connectivity index (χ3v) is 3.28. The molecule has 2 amide bonds. The van der Waals surface area contributed by atoms with Crippen LogP contribution in [0.25, 0.3) is 0 Å². The Morgan fingerprint density at radius 1 is 1.38 bits per heavy atom. The molecule has 0 atom stereocenters. The summed E-state index contributed by atoms with van der Waals surface area (Å²) in [4.78, 5) is 27.0. The summed E-state index contributed by atoms with van der Waals surface area (Å²) < 4.78 is 10.2. The molecule has 3 N–H and O–H groups in total. The molecule has 1 heterocycles. The van der Waals surface area contributed by atoms with E-state index in [0.29, 0.717) is 10.2 Å². The van der Waals surface area contributed by atoms with Crippen molar-refractivity contribution in [3.63, 3.8) is 0 Å².